The number of allylic oxidation sites excluding steroid dienone is 1. The van der Waals surface area contributed by atoms with Gasteiger partial charge in [0, 0.05) is 22.5 Å². The Labute approximate surface area is 165 Å². The van der Waals surface area contributed by atoms with Gasteiger partial charge in [-0.2, -0.15) is 0 Å². The van der Waals surface area contributed by atoms with Crippen molar-refractivity contribution >= 4 is 34.4 Å². The molecule has 0 bridgehead atoms. The van der Waals surface area contributed by atoms with Gasteiger partial charge in [-0.05, 0) is 67.4 Å². The molecule has 0 aliphatic rings. The topological polar surface area (TPSA) is 76.1 Å². The highest BCUT2D eigenvalue weighted by Gasteiger charge is 2.26. The van der Waals surface area contributed by atoms with Crippen molar-refractivity contribution < 1.29 is 4.39 Å². The highest BCUT2D eigenvalue weighted by Crippen LogP contribution is 2.36. The van der Waals surface area contributed by atoms with Crippen LogP contribution in [-0.2, 0) is 6.42 Å². The monoisotopic (exact) mass is 386 g/mol. The molecule has 27 heavy (non-hydrogen) atoms. The Bertz CT molecular complexity index is 819. The largest absolute Gasteiger partial charge is 0.396 e. The van der Waals surface area contributed by atoms with Crippen molar-refractivity contribution in [3.8, 4) is 0 Å². The first kappa shape index (κ1) is 20.7. The minimum Gasteiger partial charge on any atom is -0.396 e. The average Bonchev–Trinajstić information content (AvgIpc) is 2.63. The molecule has 0 aliphatic heterocycles. The van der Waals surface area contributed by atoms with Crippen molar-refractivity contribution in [2.45, 2.75) is 33.1 Å². The third-order valence-corrected chi connectivity index (χ3v) is 5.09. The maximum Gasteiger partial charge on any atom is 0.168 e. The lowest BCUT2D eigenvalue weighted by molar-refractivity contribution is 0.355. The number of aryl methyl sites for hydroxylation is 1. The Morgan fingerprint density at radius 3 is 2.33 bits per heavy atom. The van der Waals surface area contributed by atoms with E-state index < -0.39 is 5.82 Å². The maximum absolute atomic E-state index is 13.7. The fourth-order valence-electron chi connectivity index (χ4n) is 2.79. The van der Waals surface area contributed by atoms with E-state index in [1.807, 2.05) is 12.1 Å². The molecular weight excluding hydrogens is 359 g/mol. The molecule has 1 atom stereocenters. The van der Waals surface area contributed by atoms with Crippen LogP contribution in [0.15, 0.2) is 54.7 Å². The van der Waals surface area contributed by atoms with Crippen molar-refractivity contribution in [3.63, 3.8) is 0 Å². The molecule has 0 aliphatic carbocycles. The molecule has 2 rings (SSSR count). The lowest BCUT2D eigenvalue weighted by Crippen LogP contribution is -2.24. The first-order valence-electron chi connectivity index (χ1n) is 8.90. The molecular formula is C21H27FN4S. The molecule has 0 spiro atoms. The predicted octanol–water partition coefficient (Wildman–Crippen LogP) is 5.04. The van der Waals surface area contributed by atoms with Crippen LogP contribution in [0.5, 0.6) is 0 Å². The van der Waals surface area contributed by atoms with E-state index in [0.717, 1.165) is 30.6 Å². The average molecular weight is 387 g/mol. The second-order valence-corrected chi connectivity index (χ2v) is 7.38. The first-order valence-corrected chi connectivity index (χ1v) is 9.31. The molecule has 0 heterocycles. The zero-order valence-electron chi connectivity index (χ0n) is 15.8. The summed E-state index contributed by atoms with van der Waals surface area (Å²) in [6.45, 7) is 8.50. The lowest BCUT2D eigenvalue weighted by atomic mass is 9.79. The smallest absolute Gasteiger partial charge is 0.168 e. The van der Waals surface area contributed by atoms with Crippen LogP contribution < -0.4 is 22.1 Å². The summed E-state index contributed by atoms with van der Waals surface area (Å²) >= 11 is 4.84. The van der Waals surface area contributed by atoms with Crippen molar-refractivity contribution in [3.05, 3.63) is 66.1 Å². The third kappa shape index (κ3) is 5.69. The van der Waals surface area contributed by atoms with Gasteiger partial charge < -0.3 is 22.1 Å². The van der Waals surface area contributed by atoms with Crippen LogP contribution in [0.2, 0.25) is 0 Å². The van der Waals surface area contributed by atoms with Crippen LogP contribution in [0, 0.1) is 11.2 Å². The number of hydrogen-bond donors (Lipinski definition) is 4. The highest BCUT2D eigenvalue weighted by atomic mass is 32.1. The Kier molecular flexibility index (Phi) is 6.80. The molecule has 144 valence electrons. The lowest BCUT2D eigenvalue weighted by Gasteiger charge is -2.32. The van der Waals surface area contributed by atoms with Gasteiger partial charge in [0.25, 0.3) is 0 Å². The number of halogens is 1. The molecule has 4 nitrogen and oxygen atoms in total. The Morgan fingerprint density at radius 2 is 1.78 bits per heavy atom. The van der Waals surface area contributed by atoms with Gasteiger partial charge in [0.2, 0.25) is 0 Å². The Morgan fingerprint density at radius 1 is 1.15 bits per heavy atom. The summed E-state index contributed by atoms with van der Waals surface area (Å²) in [7, 11) is 0. The number of nitrogen functional groups attached to an aromatic ring is 1. The first-order chi connectivity index (χ1) is 12.7. The van der Waals surface area contributed by atoms with E-state index in [2.05, 4.69) is 43.2 Å². The number of rotatable bonds is 8. The van der Waals surface area contributed by atoms with E-state index in [0.29, 0.717) is 5.69 Å². The summed E-state index contributed by atoms with van der Waals surface area (Å²) in [5.74, 6) is -0.434. The molecule has 2 aromatic carbocycles. The molecule has 0 aromatic heterocycles. The van der Waals surface area contributed by atoms with E-state index in [1.54, 1.807) is 12.1 Å². The van der Waals surface area contributed by atoms with Crippen LogP contribution in [-0.4, -0.2) is 5.11 Å². The van der Waals surface area contributed by atoms with Gasteiger partial charge in [0.1, 0.15) is 5.82 Å². The SMILES string of the molecule is C=C(Nc1ccc(N)c(F)c1)C(C)(CC)CCc1ccc(NC(N)=S)cc1. The van der Waals surface area contributed by atoms with Crippen LogP contribution in [0.25, 0.3) is 0 Å². The molecule has 0 saturated heterocycles. The van der Waals surface area contributed by atoms with Gasteiger partial charge in [-0.1, -0.05) is 32.6 Å². The second-order valence-electron chi connectivity index (χ2n) is 6.94. The Balaban J connectivity index is 2.01. The number of thiocarbonyl (C=S) groups is 1. The number of nitrogens with two attached hydrogens (primary N) is 2. The van der Waals surface area contributed by atoms with E-state index in [9.17, 15) is 4.39 Å². The molecule has 6 N–H and O–H groups in total. The van der Waals surface area contributed by atoms with Gasteiger partial charge in [-0.25, -0.2) is 4.39 Å². The summed E-state index contributed by atoms with van der Waals surface area (Å²) < 4.78 is 13.7. The van der Waals surface area contributed by atoms with E-state index in [4.69, 9.17) is 23.7 Å². The van der Waals surface area contributed by atoms with Crippen molar-refractivity contribution in [1.29, 1.82) is 0 Å². The molecule has 2 aromatic rings. The summed E-state index contributed by atoms with van der Waals surface area (Å²) in [6.07, 6.45) is 2.72. The predicted molar refractivity (Wildman–Crippen MR) is 117 cm³/mol. The number of benzene rings is 2. The zero-order chi connectivity index (χ0) is 20.0. The molecule has 1 unspecified atom stereocenters. The van der Waals surface area contributed by atoms with Gasteiger partial charge in [0.15, 0.2) is 5.11 Å². The number of hydrogen-bond acceptors (Lipinski definition) is 3. The quantitative estimate of drug-likeness (QED) is 0.378. The summed E-state index contributed by atoms with van der Waals surface area (Å²) in [5, 5.41) is 6.41. The second kappa shape index (κ2) is 8.86. The van der Waals surface area contributed by atoms with Crippen LogP contribution >= 0.6 is 12.2 Å². The molecule has 0 amide bonds. The van der Waals surface area contributed by atoms with Gasteiger partial charge in [0.05, 0.1) is 5.69 Å². The molecule has 0 saturated carbocycles. The van der Waals surface area contributed by atoms with E-state index in [-0.39, 0.29) is 16.2 Å². The number of anilines is 3. The van der Waals surface area contributed by atoms with E-state index in [1.165, 1.54) is 11.6 Å². The van der Waals surface area contributed by atoms with Gasteiger partial charge in [-0.3, -0.25) is 0 Å². The summed E-state index contributed by atoms with van der Waals surface area (Å²) in [4.78, 5) is 0. The fourth-order valence-corrected chi connectivity index (χ4v) is 2.91. The minimum atomic E-state index is -0.434. The summed E-state index contributed by atoms with van der Waals surface area (Å²) in [6, 6.07) is 12.7. The van der Waals surface area contributed by atoms with Crippen LogP contribution in [0.3, 0.4) is 0 Å². The normalized spacial score (nSPS) is 12.9. The molecule has 0 radical (unpaired) electrons. The minimum absolute atomic E-state index is 0.131. The molecule has 0 fully saturated rings. The number of nitrogens with one attached hydrogen (secondary N) is 2. The van der Waals surface area contributed by atoms with Crippen molar-refractivity contribution in [1.82, 2.24) is 0 Å². The van der Waals surface area contributed by atoms with E-state index >= 15 is 0 Å². The van der Waals surface area contributed by atoms with Gasteiger partial charge >= 0.3 is 0 Å². The van der Waals surface area contributed by atoms with Crippen LogP contribution in [0.1, 0.15) is 32.3 Å². The highest BCUT2D eigenvalue weighted by molar-refractivity contribution is 7.80. The van der Waals surface area contributed by atoms with Gasteiger partial charge in [-0.15, -0.1) is 0 Å². The van der Waals surface area contributed by atoms with Crippen LogP contribution in [0.4, 0.5) is 21.5 Å². The molecule has 6 heteroatoms. The standard InChI is InChI=1S/C21H27FN4S/c1-4-21(3,14(2)25-17-9-10-19(23)18(22)13-17)12-11-15-5-7-16(8-6-15)26-20(24)27/h5-10,13,25H,2,4,11-12,23H2,1,3H3,(H3,24,26,27). The maximum atomic E-state index is 13.7. The third-order valence-electron chi connectivity index (χ3n) is 4.99. The van der Waals surface area contributed by atoms with Crippen molar-refractivity contribution in [2.24, 2.45) is 11.1 Å². The Hall–Kier alpha value is -2.60. The fraction of sp³-hybridized carbons (Fsp3) is 0.286. The zero-order valence-corrected chi connectivity index (χ0v) is 16.6. The van der Waals surface area contributed by atoms with Crippen molar-refractivity contribution in [2.75, 3.05) is 16.4 Å². The summed E-state index contributed by atoms with van der Waals surface area (Å²) in [5.41, 5.74) is 14.6.